The van der Waals surface area contributed by atoms with Gasteiger partial charge in [0.1, 0.15) is 6.04 Å². The number of halogens is 1. The summed E-state index contributed by atoms with van der Waals surface area (Å²) >= 11 is 0. The van der Waals surface area contributed by atoms with Gasteiger partial charge in [-0.1, -0.05) is 12.1 Å². The summed E-state index contributed by atoms with van der Waals surface area (Å²) in [6.07, 6.45) is 3.32. The Labute approximate surface area is 167 Å². The number of aromatic nitrogens is 2. The number of nitrogens with zero attached hydrogens (tertiary/aromatic N) is 2. The Morgan fingerprint density at radius 3 is 2.55 bits per heavy atom. The van der Waals surface area contributed by atoms with Crippen LogP contribution in [0.15, 0.2) is 60.9 Å². The summed E-state index contributed by atoms with van der Waals surface area (Å²) < 4.78 is 20.2. The van der Waals surface area contributed by atoms with E-state index in [1.807, 2.05) is 0 Å². The van der Waals surface area contributed by atoms with E-state index in [2.05, 4.69) is 15.7 Å². The summed E-state index contributed by atoms with van der Waals surface area (Å²) in [5.41, 5.74) is 1.59. The smallest absolute Gasteiger partial charge is 0.248 e. The van der Waals surface area contributed by atoms with Crippen LogP contribution in [0.25, 0.3) is 0 Å². The maximum Gasteiger partial charge on any atom is 0.248 e. The topological polar surface area (TPSA) is 85.3 Å². The molecular formula is C21H21FN4O3. The number of hydrogen-bond donors (Lipinski definition) is 2. The van der Waals surface area contributed by atoms with Crippen LogP contribution in [0.2, 0.25) is 0 Å². The van der Waals surface area contributed by atoms with Crippen molar-refractivity contribution in [3.8, 4) is 5.75 Å². The Balaban J connectivity index is 1.61. The summed E-state index contributed by atoms with van der Waals surface area (Å²) in [5, 5.41) is 9.60. The Bertz CT molecular complexity index is 1000. The Morgan fingerprint density at radius 1 is 1.14 bits per heavy atom. The van der Waals surface area contributed by atoms with Crippen LogP contribution in [0.1, 0.15) is 18.5 Å². The molecule has 0 fully saturated rings. The van der Waals surface area contributed by atoms with Crippen LogP contribution >= 0.6 is 0 Å². The van der Waals surface area contributed by atoms with E-state index in [-0.39, 0.29) is 24.0 Å². The second kappa shape index (κ2) is 9.01. The van der Waals surface area contributed by atoms with Crippen molar-refractivity contribution in [1.82, 2.24) is 9.78 Å². The molecule has 0 radical (unpaired) electrons. The third-order valence-electron chi connectivity index (χ3n) is 4.30. The first-order valence-electron chi connectivity index (χ1n) is 8.98. The van der Waals surface area contributed by atoms with Crippen molar-refractivity contribution in [2.24, 2.45) is 0 Å². The van der Waals surface area contributed by atoms with E-state index >= 15 is 0 Å². The molecule has 0 bridgehead atoms. The first-order valence-corrected chi connectivity index (χ1v) is 8.98. The first-order chi connectivity index (χ1) is 14.0. The third-order valence-corrected chi connectivity index (χ3v) is 4.30. The predicted molar refractivity (Wildman–Crippen MR) is 107 cm³/mol. The number of benzene rings is 2. The fraction of sp³-hybridized carbons (Fsp3) is 0.190. The molecule has 1 heterocycles. The molecule has 2 N–H and O–H groups in total. The van der Waals surface area contributed by atoms with Crippen molar-refractivity contribution in [3.63, 3.8) is 0 Å². The molecule has 8 heteroatoms. The lowest BCUT2D eigenvalue weighted by molar-refractivity contribution is -0.119. The average Bonchev–Trinajstić information content (AvgIpc) is 3.22. The lowest BCUT2D eigenvalue weighted by Gasteiger charge is -2.13. The highest BCUT2D eigenvalue weighted by Gasteiger charge is 2.15. The largest absolute Gasteiger partial charge is 0.494 e. The zero-order valence-corrected chi connectivity index (χ0v) is 16.1. The van der Waals surface area contributed by atoms with E-state index in [4.69, 9.17) is 4.74 Å². The monoisotopic (exact) mass is 396 g/mol. The molecule has 0 aliphatic rings. The summed E-state index contributed by atoms with van der Waals surface area (Å²) in [7, 11) is 1.38. The molecule has 29 heavy (non-hydrogen) atoms. The van der Waals surface area contributed by atoms with Crippen molar-refractivity contribution in [1.29, 1.82) is 0 Å². The molecule has 0 aliphatic carbocycles. The van der Waals surface area contributed by atoms with Gasteiger partial charge < -0.3 is 15.4 Å². The number of nitrogens with one attached hydrogen (secondary N) is 2. The quantitative estimate of drug-likeness (QED) is 0.641. The molecule has 1 aromatic heterocycles. The van der Waals surface area contributed by atoms with E-state index in [1.54, 1.807) is 60.4 Å². The number of amides is 2. The second-order valence-electron chi connectivity index (χ2n) is 6.43. The minimum absolute atomic E-state index is 0.00777. The van der Waals surface area contributed by atoms with Gasteiger partial charge in [-0.05, 0) is 48.9 Å². The van der Waals surface area contributed by atoms with Crippen LogP contribution in [-0.2, 0) is 16.0 Å². The fourth-order valence-electron chi connectivity index (χ4n) is 2.76. The van der Waals surface area contributed by atoms with Crippen molar-refractivity contribution in [3.05, 3.63) is 72.3 Å². The minimum Gasteiger partial charge on any atom is -0.494 e. The highest BCUT2D eigenvalue weighted by Crippen LogP contribution is 2.20. The molecule has 2 aromatic carbocycles. The molecule has 3 rings (SSSR count). The Kier molecular flexibility index (Phi) is 6.23. The first kappa shape index (κ1) is 20.1. The number of rotatable bonds is 7. The van der Waals surface area contributed by atoms with Crippen LogP contribution in [0.4, 0.5) is 15.8 Å². The van der Waals surface area contributed by atoms with Gasteiger partial charge in [0.05, 0.1) is 13.5 Å². The van der Waals surface area contributed by atoms with E-state index in [0.717, 1.165) is 0 Å². The number of methoxy groups -OCH3 is 1. The van der Waals surface area contributed by atoms with Gasteiger partial charge in [0, 0.05) is 23.8 Å². The molecule has 7 nitrogen and oxygen atoms in total. The summed E-state index contributed by atoms with van der Waals surface area (Å²) in [5.74, 6) is -0.926. The predicted octanol–water partition coefficient (Wildman–Crippen LogP) is 3.41. The lowest BCUT2D eigenvalue weighted by atomic mass is 10.1. The molecule has 2 amide bonds. The summed E-state index contributed by atoms with van der Waals surface area (Å²) in [6, 6.07) is 12.5. The maximum absolute atomic E-state index is 13.8. The second-order valence-corrected chi connectivity index (χ2v) is 6.43. The van der Waals surface area contributed by atoms with E-state index in [1.165, 1.54) is 19.2 Å². The number of hydrogen-bond acceptors (Lipinski definition) is 4. The number of ether oxygens (including phenoxy) is 1. The van der Waals surface area contributed by atoms with Crippen LogP contribution < -0.4 is 15.4 Å². The van der Waals surface area contributed by atoms with Gasteiger partial charge in [-0.2, -0.15) is 5.10 Å². The molecule has 0 saturated heterocycles. The molecule has 0 spiro atoms. The number of carbonyl (C=O) groups is 2. The van der Waals surface area contributed by atoms with Crippen LogP contribution in [-0.4, -0.2) is 28.7 Å². The van der Waals surface area contributed by atoms with Gasteiger partial charge in [0.25, 0.3) is 0 Å². The van der Waals surface area contributed by atoms with Gasteiger partial charge in [0.15, 0.2) is 11.6 Å². The van der Waals surface area contributed by atoms with Crippen molar-refractivity contribution in [2.75, 3.05) is 17.7 Å². The van der Waals surface area contributed by atoms with E-state index in [0.29, 0.717) is 16.9 Å². The lowest BCUT2D eigenvalue weighted by Crippen LogP contribution is -2.24. The zero-order chi connectivity index (χ0) is 20.8. The summed E-state index contributed by atoms with van der Waals surface area (Å²) in [4.78, 5) is 24.6. The molecule has 3 aromatic rings. The molecular weight excluding hydrogens is 375 g/mol. The minimum atomic E-state index is -0.520. The van der Waals surface area contributed by atoms with Crippen molar-refractivity contribution >= 4 is 23.2 Å². The van der Waals surface area contributed by atoms with Gasteiger partial charge in [0.2, 0.25) is 11.8 Å². The van der Waals surface area contributed by atoms with E-state index < -0.39 is 11.9 Å². The van der Waals surface area contributed by atoms with Crippen molar-refractivity contribution in [2.45, 2.75) is 19.4 Å². The Hall–Kier alpha value is -3.68. The maximum atomic E-state index is 13.8. The SMILES string of the molecule is COc1ccc(CC(=O)Nc2cccc(NC(=O)[C@@H](C)n3cccn3)c2)cc1F. The third kappa shape index (κ3) is 5.19. The fourth-order valence-corrected chi connectivity index (χ4v) is 2.76. The zero-order valence-electron chi connectivity index (χ0n) is 16.1. The summed E-state index contributed by atoms with van der Waals surface area (Å²) in [6.45, 7) is 1.74. The molecule has 0 unspecified atom stereocenters. The molecule has 0 saturated carbocycles. The molecule has 0 aliphatic heterocycles. The van der Waals surface area contributed by atoms with Crippen LogP contribution in [0.5, 0.6) is 5.75 Å². The highest BCUT2D eigenvalue weighted by atomic mass is 19.1. The number of carbonyl (C=O) groups excluding carboxylic acids is 2. The Morgan fingerprint density at radius 2 is 1.90 bits per heavy atom. The van der Waals surface area contributed by atoms with Gasteiger partial charge in [-0.3, -0.25) is 14.3 Å². The van der Waals surface area contributed by atoms with Gasteiger partial charge in [-0.25, -0.2) is 4.39 Å². The average molecular weight is 396 g/mol. The van der Waals surface area contributed by atoms with Gasteiger partial charge >= 0.3 is 0 Å². The van der Waals surface area contributed by atoms with Crippen LogP contribution in [0, 0.1) is 5.82 Å². The van der Waals surface area contributed by atoms with E-state index in [9.17, 15) is 14.0 Å². The van der Waals surface area contributed by atoms with Crippen LogP contribution in [0.3, 0.4) is 0 Å². The normalized spacial score (nSPS) is 11.6. The molecule has 150 valence electrons. The van der Waals surface area contributed by atoms with Crippen molar-refractivity contribution < 1.29 is 18.7 Å². The molecule has 1 atom stereocenters. The van der Waals surface area contributed by atoms with Gasteiger partial charge in [-0.15, -0.1) is 0 Å². The highest BCUT2D eigenvalue weighted by molar-refractivity contribution is 5.96. The standard InChI is InChI=1S/C21H21FN4O3/c1-14(26-10-4-9-23-26)21(28)25-17-6-3-5-16(13-17)24-20(27)12-15-7-8-19(29-2)18(22)11-15/h3-11,13-14H,12H2,1-2H3,(H,24,27)(H,25,28)/t14-/m1/s1. The number of anilines is 2.